The van der Waals surface area contributed by atoms with Gasteiger partial charge in [-0.05, 0) is 36.1 Å². The molecule has 0 heterocycles. The van der Waals surface area contributed by atoms with Crippen LogP contribution in [0.3, 0.4) is 0 Å². The molecule has 0 spiro atoms. The van der Waals surface area contributed by atoms with Gasteiger partial charge in [0.15, 0.2) is 0 Å². The molecule has 3 heteroatoms. The second kappa shape index (κ2) is 3.40. The van der Waals surface area contributed by atoms with Crippen LogP contribution < -0.4 is 11.5 Å². The lowest BCUT2D eigenvalue weighted by atomic mass is 9.85. The molecular formula is C10H13BrN2. The molecule has 1 aliphatic rings. The Kier molecular flexibility index (Phi) is 2.41. The smallest absolute Gasteiger partial charge is 0.0451 e. The zero-order chi connectivity index (χ0) is 9.42. The van der Waals surface area contributed by atoms with Crippen molar-refractivity contribution < 1.29 is 0 Å². The Morgan fingerprint density at radius 2 is 2.08 bits per heavy atom. The van der Waals surface area contributed by atoms with Crippen LogP contribution in [0, 0.1) is 0 Å². The highest BCUT2D eigenvalue weighted by molar-refractivity contribution is 9.10. The Bertz CT molecular complexity index is 325. The molecule has 2 atom stereocenters. The molecule has 70 valence electrons. The lowest BCUT2D eigenvalue weighted by Crippen LogP contribution is -2.38. The Morgan fingerprint density at radius 1 is 1.31 bits per heavy atom. The summed E-state index contributed by atoms with van der Waals surface area (Å²) < 4.78 is 1.08. The number of benzene rings is 1. The van der Waals surface area contributed by atoms with Gasteiger partial charge in [0, 0.05) is 16.6 Å². The summed E-state index contributed by atoms with van der Waals surface area (Å²) in [5, 5.41) is 0. The monoisotopic (exact) mass is 240 g/mol. The SMILES string of the molecule is N[C@@H]1CCc2ccc(Br)cc2[C@@H]1N. The summed E-state index contributed by atoms with van der Waals surface area (Å²) in [6.45, 7) is 0. The average molecular weight is 241 g/mol. The molecule has 0 radical (unpaired) electrons. The molecule has 0 amide bonds. The molecule has 2 nitrogen and oxygen atoms in total. The molecule has 13 heavy (non-hydrogen) atoms. The van der Waals surface area contributed by atoms with Crippen molar-refractivity contribution in [3.63, 3.8) is 0 Å². The Labute approximate surface area is 86.4 Å². The van der Waals surface area contributed by atoms with E-state index in [1.165, 1.54) is 11.1 Å². The molecule has 0 aliphatic heterocycles. The van der Waals surface area contributed by atoms with Gasteiger partial charge in [-0.3, -0.25) is 0 Å². The Hall–Kier alpha value is -0.380. The van der Waals surface area contributed by atoms with Crippen LogP contribution >= 0.6 is 15.9 Å². The van der Waals surface area contributed by atoms with Crippen LogP contribution in [0.4, 0.5) is 0 Å². The molecule has 4 N–H and O–H groups in total. The van der Waals surface area contributed by atoms with E-state index in [9.17, 15) is 0 Å². The number of aryl methyl sites for hydroxylation is 1. The van der Waals surface area contributed by atoms with Gasteiger partial charge in [-0.25, -0.2) is 0 Å². The third kappa shape index (κ3) is 1.64. The second-order valence-corrected chi connectivity index (χ2v) is 4.49. The molecule has 0 fully saturated rings. The lowest BCUT2D eigenvalue weighted by molar-refractivity contribution is 0.481. The number of halogens is 1. The first-order chi connectivity index (χ1) is 6.18. The normalized spacial score (nSPS) is 27.0. The molecule has 0 unspecified atom stereocenters. The van der Waals surface area contributed by atoms with Crippen LogP contribution in [0.2, 0.25) is 0 Å². The summed E-state index contributed by atoms with van der Waals surface area (Å²) in [5.74, 6) is 0. The van der Waals surface area contributed by atoms with Crippen molar-refractivity contribution >= 4 is 15.9 Å². The van der Waals surface area contributed by atoms with Gasteiger partial charge in [0.25, 0.3) is 0 Å². The molecule has 1 aromatic rings. The van der Waals surface area contributed by atoms with Crippen molar-refractivity contribution in [1.82, 2.24) is 0 Å². The minimum absolute atomic E-state index is 0.00116. The maximum absolute atomic E-state index is 6.01. The van der Waals surface area contributed by atoms with E-state index in [4.69, 9.17) is 11.5 Å². The maximum atomic E-state index is 6.01. The first-order valence-corrected chi connectivity index (χ1v) is 5.27. The molecule has 0 bridgehead atoms. The number of nitrogens with two attached hydrogens (primary N) is 2. The van der Waals surface area contributed by atoms with Gasteiger partial charge < -0.3 is 11.5 Å². The number of hydrogen-bond donors (Lipinski definition) is 2. The Morgan fingerprint density at radius 3 is 2.85 bits per heavy atom. The fourth-order valence-electron chi connectivity index (χ4n) is 1.84. The summed E-state index contributed by atoms with van der Waals surface area (Å²) in [6.07, 6.45) is 2.05. The van der Waals surface area contributed by atoms with E-state index in [0.29, 0.717) is 0 Å². The first-order valence-electron chi connectivity index (χ1n) is 4.48. The van der Waals surface area contributed by atoms with Gasteiger partial charge in [0.05, 0.1) is 0 Å². The number of fused-ring (bicyclic) bond motifs is 1. The van der Waals surface area contributed by atoms with E-state index < -0.39 is 0 Å². The zero-order valence-electron chi connectivity index (χ0n) is 7.33. The predicted octanol–water partition coefficient (Wildman–Crippen LogP) is 1.72. The summed E-state index contributed by atoms with van der Waals surface area (Å²) >= 11 is 3.44. The summed E-state index contributed by atoms with van der Waals surface area (Å²) in [7, 11) is 0. The van der Waals surface area contributed by atoms with Crippen LogP contribution in [0.5, 0.6) is 0 Å². The predicted molar refractivity (Wildman–Crippen MR) is 57.4 cm³/mol. The van der Waals surface area contributed by atoms with Gasteiger partial charge >= 0.3 is 0 Å². The molecule has 0 aromatic heterocycles. The van der Waals surface area contributed by atoms with E-state index in [2.05, 4.69) is 34.1 Å². The van der Waals surface area contributed by atoms with Crippen LogP contribution in [0.25, 0.3) is 0 Å². The molecule has 1 aliphatic carbocycles. The molecule has 2 rings (SSSR count). The highest BCUT2D eigenvalue weighted by Gasteiger charge is 2.23. The number of hydrogen-bond acceptors (Lipinski definition) is 2. The molecule has 1 aromatic carbocycles. The largest absolute Gasteiger partial charge is 0.326 e. The lowest BCUT2D eigenvalue weighted by Gasteiger charge is -2.28. The second-order valence-electron chi connectivity index (χ2n) is 3.57. The molecular weight excluding hydrogens is 228 g/mol. The molecule has 0 saturated carbocycles. The van der Waals surface area contributed by atoms with Crippen LogP contribution in [-0.4, -0.2) is 6.04 Å². The van der Waals surface area contributed by atoms with E-state index in [-0.39, 0.29) is 12.1 Å². The minimum Gasteiger partial charge on any atom is -0.326 e. The van der Waals surface area contributed by atoms with E-state index >= 15 is 0 Å². The summed E-state index contributed by atoms with van der Waals surface area (Å²) in [4.78, 5) is 0. The fraction of sp³-hybridized carbons (Fsp3) is 0.400. The van der Waals surface area contributed by atoms with Gasteiger partial charge in [-0.1, -0.05) is 22.0 Å². The quantitative estimate of drug-likeness (QED) is 0.726. The topological polar surface area (TPSA) is 52.0 Å². The third-order valence-electron chi connectivity index (χ3n) is 2.68. The van der Waals surface area contributed by atoms with Crippen molar-refractivity contribution in [1.29, 1.82) is 0 Å². The standard InChI is InChI=1S/C10H13BrN2/c11-7-3-1-6-2-4-9(12)10(13)8(6)5-7/h1,3,5,9-10H,2,4,12-13H2/t9-,10+/m1/s1. The zero-order valence-corrected chi connectivity index (χ0v) is 8.92. The van der Waals surface area contributed by atoms with Gasteiger partial charge in [-0.2, -0.15) is 0 Å². The van der Waals surface area contributed by atoms with Crippen LogP contribution in [-0.2, 0) is 6.42 Å². The van der Waals surface area contributed by atoms with E-state index in [0.717, 1.165) is 17.3 Å². The van der Waals surface area contributed by atoms with Gasteiger partial charge in [0.1, 0.15) is 0 Å². The van der Waals surface area contributed by atoms with E-state index in [1.807, 2.05) is 0 Å². The molecule has 0 saturated heterocycles. The number of rotatable bonds is 0. The van der Waals surface area contributed by atoms with Crippen LogP contribution in [0.15, 0.2) is 22.7 Å². The third-order valence-corrected chi connectivity index (χ3v) is 3.17. The highest BCUT2D eigenvalue weighted by Crippen LogP contribution is 2.29. The van der Waals surface area contributed by atoms with Gasteiger partial charge in [-0.15, -0.1) is 0 Å². The van der Waals surface area contributed by atoms with Crippen molar-refractivity contribution in [2.45, 2.75) is 24.9 Å². The minimum atomic E-state index is 0.00116. The van der Waals surface area contributed by atoms with Crippen molar-refractivity contribution in [3.8, 4) is 0 Å². The van der Waals surface area contributed by atoms with Crippen LogP contribution in [0.1, 0.15) is 23.6 Å². The fourth-order valence-corrected chi connectivity index (χ4v) is 2.21. The van der Waals surface area contributed by atoms with Crippen molar-refractivity contribution in [2.24, 2.45) is 11.5 Å². The van der Waals surface area contributed by atoms with E-state index in [1.54, 1.807) is 0 Å². The van der Waals surface area contributed by atoms with Crippen molar-refractivity contribution in [3.05, 3.63) is 33.8 Å². The first kappa shape index (κ1) is 9.19. The summed E-state index contributed by atoms with van der Waals surface area (Å²) in [6, 6.07) is 6.38. The summed E-state index contributed by atoms with van der Waals surface area (Å²) in [5.41, 5.74) is 14.5. The van der Waals surface area contributed by atoms with Crippen molar-refractivity contribution in [2.75, 3.05) is 0 Å². The average Bonchev–Trinajstić information content (AvgIpc) is 2.12. The maximum Gasteiger partial charge on any atom is 0.0451 e. The Balaban J connectivity index is 2.45. The van der Waals surface area contributed by atoms with Gasteiger partial charge in [0.2, 0.25) is 0 Å². The highest BCUT2D eigenvalue weighted by atomic mass is 79.9.